The molecule has 0 aromatic heterocycles. The van der Waals surface area contributed by atoms with Gasteiger partial charge in [-0.15, -0.1) is 0 Å². The van der Waals surface area contributed by atoms with Crippen LogP contribution in [-0.4, -0.2) is 68.5 Å². The normalized spacial score (nSPS) is 17.9. The molecule has 3 amide bonds. The molecule has 0 spiro atoms. The zero-order chi connectivity index (χ0) is 33.4. The fraction of sp³-hybridized carbons (Fsp3) is 0.475. The Morgan fingerprint density at radius 2 is 1.30 bits per heavy atom. The van der Waals surface area contributed by atoms with Crippen LogP contribution >= 0.6 is 0 Å². The first kappa shape index (κ1) is 35.9. The molecular formula is C40H55N4O3+. The van der Waals surface area contributed by atoms with Gasteiger partial charge in [0.25, 0.3) is 0 Å². The first-order valence-corrected chi connectivity index (χ1v) is 17.6. The monoisotopic (exact) mass is 639 g/mol. The summed E-state index contributed by atoms with van der Waals surface area (Å²) in [5.74, 6) is -0.0940. The highest BCUT2D eigenvalue weighted by Gasteiger charge is 2.38. The Morgan fingerprint density at radius 3 is 1.87 bits per heavy atom. The molecule has 0 saturated carbocycles. The maximum absolute atomic E-state index is 13.5. The Labute approximate surface area is 282 Å². The van der Waals surface area contributed by atoms with Crippen LogP contribution in [0.1, 0.15) is 81.4 Å². The van der Waals surface area contributed by atoms with E-state index in [0.29, 0.717) is 12.5 Å². The zero-order valence-electron chi connectivity index (χ0n) is 28.5. The Kier molecular flexibility index (Phi) is 14.0. The largest absolute Gasteiger partial charge is 0.356 e. The first-order chi connectivity index (χ1) is 22.8. The lowest BCUT2D eigenvalue weighted by molar-refractivity contribution is -0.917. The zero-order valence-corrected chi connectivity index (χ0v) is 28.5. The maximum atomic E-state index is 13.5. The minimum atomic E-state index is -0.730. The van der Waals surface area contributed by atoms with Gasteiger partial charge in [0.05, 0.1) is 38.6 Å². The molecule has 0 bridgehead atoms. The van der Waals surface area contributed by atoms with Gasteiger partial charge in [-0.05, 0) is 42.4 Å². The van der Waals surface area contributed by atoms with E-state index in [-0.39, 0.29) is 43.7 Å². The molecule has 3 aromatic rings. The number of nitrogens with one attached hydrogen (secondary N) is 3. The summed E-state index contributed by atoms with van der Waals surface area (Å²) >= 11 is 0. The lowest BCUT2D eigenvalue weighted by Crippen LogP contribution is -2.53. The van der Waals surface area contributed by atoms with Gasteiger partial charge in [-0.3, -0.25) is 14.4 Å². The first-order valence-electron chi connectivity index (χ1n) is 17.6. The third kappa shape index (κ3) is 10.8. The van der Waals surface area contributed by atoms with Gasteiger partial charge >= 0.3 is 0 Å². The van der Waals surface area contributed by atoms with Gasteiger partial charge in [0.1, 0.15) is 0 Å². The predicted molar refractivity (Wildman–Crippen MR) is 190 cm³/mol. The Morgan fingerprint density at radius 1 is 0.723 bits per heavy atom. The second kappa shape index (κ2) is 18.4. The third-order valence-electron chi connectivity index (χ3n) is 9.74. The average molecular weight is 640 g/mol. The molecule has 1 heterocycles. The van der Waals surface area contributed by atoms with E-state index >= 15 is 0 Å². The topological polar surface area (TPSA) is 87.3 Å². The van der Waals surface area contributed by atoms with Gasteiger partial charge in [-0.1, -0.05) is 117 Å². The van der Waals surface area contributed by atoms with Crippen molar-refractivity contribution in [3.8, 4) is 0 Å². The predicted octanol–water partition coefficient (Wildman–Crippen LogP) is 5.98. The van der Waals surface area contributed by atoms with Crippen LogP contribution in [-0.2, 0) is 19.8 Å². The van der Waals surface area contributed by atoms with Crippen molar-refractivity contribution in [2.75, 3.05) is 46.3 Å². The van der Waals surface area contributed by atoms with E-state index in [9.17, 15) is 14.4 Å². The van der Waals surface area contributed by atoms with Crippen molar-refractivity contribution < 1.29 is 18.9 Å². The molecule has 47 heavy (non-hydrogen) atoms. The van der Waals surface area contributed by atoms with E-state index < -0.39 is 5.41 Å². The molecule has 0 radical (unpaired) electrons. The van der Waals surface area contributed by atoms with Crippen molar-refractivity contribution in [1.82, 2.24) is 16.0 Å². The summed E-state index contributed by atoms with van der Waals surface area (Å²) in [6.07, 6.45) is 9.24. The summed E-state index contributed by atoms with van der Waals surface area (Å²) in [6, 6.07) is 30.1. The van der Waals surface area contributed by atoms with E-state index in [1.807, 2.05) is 91.0 Å². The number of benzene rings is 3. The Hall–Kier alpha value is -3.97. The molecule has 7 nitrogen and oxygen atoms in total. The highest BCUT2D eigenvalue weighted by atomic mass is 16.2. The molecule has 1 saturated heterocycles. The summed E-state index contributed by atoms with van der Waals surface area (Å²) in [7, 11) is 2.37. The van der Waals surface area contributed by atoms with Crippen LogP contribution in [0.2, 0.25) is 0 Å². The van der Waals surface area contributed by atoms with Crippen molar-refractivity contribution in [1.29, 1.82) is 0 Å². The Balaban J connectivity index is 1.23. The van der Waals surface area contributed by atoms with E-state index in [0.717, 1.165) is 34.1 Å². The van der Waals surface area contributed by atoms with Gasteiger partial charge in [0.2, 0.25) is 17.7 Å². The van der Waals surface area contributed by atoms with E-state index in [2.05, 4.69) is 29.9 Å². The van der Waals surface area contributed by atoms with Crippen LogP contribution < -0.4 is 16.0 Å². The number of likely N-dealkylation sites (tertiary alicyclic amines) is 1. The second-order valence-electron chi connectivity index (χ2n) is 13.5. The molecular weight excluding hydrogens is 584 g/mol. The molecule has 4 rings (SSSR count). The number of carbonyl (C=O) groups is 3. The lowest BCUT2D eigenvalue weighted by Gasteiger charge is -2.41. The summed E-state index contributed by atoms with van der Waals surface area (Å²) in [5, 5.41) is 8.73. The van der Waals surface area contributed by atoms with E-state index in [1.54, 1.807) is 0 Å². The quantitative estimate of drug-likeness (QED) is 0.0910. The molecule has 1 aliphatic rings. The van der Waals surface area contributed by atoms with Crippen LogP contribution in [0.3, 0.4) is 0 Å². The number of amides is 3. The lowest BCUT2D eigenvalue weighted by atomic mass is 9.67. The molecule has 3 aromatic carbocycles. The minimum Gasteiger partial charge on any atom is -0.356 e. The fourth-order valence-corrected chi connectivity index (χ4v) is 7.22. The maximum Gasteiger partial charge on any atom is 0.239 e. The highest BCUT2D eigenvalue weighted by Crippen LogP contribution is 2.42. The molecule has 2 atom stereocenters. The third-order valence-corrected chi connectivity index (χ3v) is 9.74. The van der Waals surface area contributed by atoms with E-state index in [4.69, 9.17) is 0 Å². The minimum absolute atomic E-state index is 0.0490. The number of hydrogen-bond acceptors (Lipinski definition) is 3. The van der Waals surface area contributed by atoms with Gasteiger partial charge in [0.15, 0.2) is 0 Å². The van der Waals surface area contributed by atoms with Crippen molar-refractivity contribution in [2.24, 2.45) is 5.92 Å². The standard InChI is InChI=1S/C40H54N4O3/c1-3-4-5-6-16-27-44(2)28-17-18-33(32-44)30-42-37(45)25-26-41-39(47)31-43-38(46)29-40(34-19-10-7-11-20-34,35-21-12-8-13-22-35)36-23-14-9-15-24-36/h7-15,19-24,33H,3-6,16-18,25-32H2,1-2H3,(H2-,41,42,43,45,46,47)/p+1/t33-,44?/m1/s1. The molecule has 1 aliphatic heterocycles. The summed E-state index contributed by atoms with van der Waals surface area (Å²) in [6.45, 7) is 6.60. The highest BCUT2D eigenvalue weighted by molar-refractivity contribution is 5.86. The second-order valence-corrected chi connectivity index (χ2v) is 13.5. The fourth-order valence-electron chi connectivity index (χ4n) is 7.22. The van der Waals surface area contributed by atoms with Gasteiger partial charge < -0.3 is 20.4 Å². The number of quaternary nitrogens is 1. The van der Waals surface area contributed by atoms with Crippen LogP contribution in [0, 0.1) is 5.92 Å². The summed E-state index contributed by atoms with van der Waals surface area (Å²) in [5.41, 5.74) is 2.28. The van der Waals surface area contributed by atoms with Crippen molar-refractivity contribution in [3.63, 3.8) is 0 Å². The van der Waals surface area contributed by atoms with Gasteiger partial charge in [-0.25, -0.2) is 0 Å². The van der Waals surface area contributed by atoms with Crippen molar-refractivity contribution >= 4 is 17.7 Å². The average Bonchev–Trinajstić information content (AvgIpc) is 3.10. The number of rotatable bonds is 18. The number of nitrogens with zero attached hydrogens (tertiary/aromatic N) is 1. The molecule has 0 aliphatic carbocycles. The van der Waals surface area contributed by atoms with Crippen molar-refractivity contribution in [2.45, 2.75) is 70.1 Å². The van der Waals surface area contributed by atoms with Crippen LogP contribution in [0.15, 0.2) is 91.0 Å². The van der Waals surface area contributed by atoms with Crippen LogP contribution in [0.5, 0.6) is 0 Å². The number of carbonyl (C=O) groups excluding carboxylic acids is 3. The number of piperidine rings is 1. The van der Waals surface area contributed by atoms with Crippen LogP contribution in [0.25, 0.3) is 0 Å². The summed E-state index contributed by atoms with van der Waals surface area (Å²) < 4.78 is 1.11. The smallest absolute Gasteiger partial charge is 0.239 e. The summed E-state index contributed by atoms with van der Waals surface area (Å²) in [4.78, 5) is 38.7. The van der Waals surface area contributed by atoms with Gasteiger partial charge in [-0.2, -0.15) is 0 Å². The molecule has 1 fully saturated rings. The SMILES string of the molecule is CCCCCCC[N+]1(C)CCC[C@H](CNC(=O)CCNC(=O)CNC(=O)CC(c2ccccc2)(c2ccccc2)c2ccccc2)C1. The molecule has 1 unspecified atom stereocenters. The Bertz CT molecular complexity index is 1290. The van der Waals surface area contributed by atoms with Crippen LogP contribution in [0.4, 0.5) is 0 Å². The van der Waals surface area contributed by atoms with Crippen molar-refractivity contribution in [3.05, 3.63) is 108 Å². The molecule has 252 valence electrons. The number of hydrogen-bond donors (Lipinski definition) is 3. The molecule has 3 N–H and O–H groups in total. The van der Waals surface area contributed by atoms with Gasteiger partial charge in [0, 0.05) is 31.8 Å². The molecule has 7 heteroatoms. The number of unbranched alkanes of at least 4 members (excludes halogenated alkanes) is 4. The van der Waals surface area contributed by atoms with E-state index in [1.165, 1.54) is 51.6 Å².